The Morgan fingerprint density at radius 1 is 0.929 bits per heavy atom. The Bertz CT molecular complexity index is 945. The third-order valence-electron chi connectivity index (χ3n) is 4.43. The maximum Gasteiger partial charge on any atom is 0.252 e. The Hall–Kier alpha value is -2.92. The zero-order valence-electron chi connectivity index (χ0n) is 15.3. The lowest BCUT2D eigenvalue weighted by Crippen LogP contribution is -2.40. The van der Waals surface area contributed by atoms with Gasteiger partial charge >= 0.3 is 0 Å². The number of hydrogen-bond donors (Lipinski definition) is 1. The number of carbonyl (C=O) groups excluding carboxylic acids is 1. The molecule has 1 N–H and O–H groups in total. The van der Waals surface area contributed by atoms with Gasteiger partial charge in [0.05, 0.1) is 12.1 Å². The van der Waals surface area contributed by atoms with Crippen LogP contribution in [0.5, 0.6) is 11.5 Å². The number of nitrogens with one attached hydrogen (secondary N) is 1. The summed E-state index contributed by atoms with van der Waals surface area (Å²) < 4.78 is 11.6. The largest absolute Gasteiger partial charge is 0.486 e. The van der Waals surface area contributed by atoms with Crippen molar-refractivity contribution < 1.29 is 14.3 Å². The molecule has 0 radical (unpaired) electrons. The van der Waals surface area contributed by atoms with Gasteiger partial charge in [-0.25, -0.2) is 0 Å². The summed E-state index contributed by atoms with van der Waals surface area (Å²) in [6, 6.07) is 25.5. The number of carbonyl (C=O) groups is 1. The summed E-state index contributed by atoms with van der Waals surface area (Å²) in [6.07, 6.45) is -0.206. The zero-order chi connectivity index (χ0) is 19.2. The van der Waals surface area contributed by atoms with Gasteiger partial charge in [-0.05, 0) is 29.8 Å². The van der Waals surface area contributed by atoms with E-state index in [2.05, 4.69) is 17.4 Å². The first kappa shape index (κ1) is 18.4. The molecule has 1 unspecified atom stereocenters. The minimum absolute atomic E-state index is 0.0985. The molecule has 3 aromatic rings. The molecule has 0 bridgehead atoms. The number of amides is 1. The van der Waals surface area contributed by atoms with E-state index >= 15 is 0 Å². The fourth-order valence-electron chi connectivity index (χ4n) is 2.98. The number of fused-ring (bicyclic) bond motifs is 1. The van der Waals surface area contributed by atoms with Crippen molar-refractivity contribution in [1.82, 2.24) is 5.32 Å². The molecule has 1 heterocycles. The van der Waals surface area contributed by atoms with E-state index in [4.69, 9.17) is 9.47 Å². The standard InChI is InChI=1S/C23H21NO3S/c25-23(24-14-18-15-26-20-11-5-6-12-21(20)27-18)19-10-4-7-13-22(19)28-16-17-8-2-1-3-9-17/h1-13,18H,14-16H2,(H,24,25). The molecule has 0 aliphatic carbocycles. The SMILES string of the molecule is O=C(NCC1COc2ccccc2O1)c1ccccc1SCc1ccccc1. The Morgan fingerprint density at radius 3 is 2.50 bits per heavy atom. The van der Waals surface area contributed by atoms with Crippen LogP contribution in [0, 0.1) is 0 Å². The molecule has 1 aliphatic heterocycles. The van der Waals surface area contributed by atoms with Gasteiger partial charge in [-0.3, -0.25) is 4.79 Å². The van der Waals surface area contributed by atoms with Crippen molar-refractivity contribution in [3.8, 4) is 11.5 Å². The molecular formula is C23H21NO3S. The minimum Gasteiger partial charge on any atom is -0.486 e. The molecule has 3 aromatic carbocycles. The van der Waals surface area contributed by atoms with Gasteiger partial charge in [0.1, 0.15) is 12.7 Å². The maximum atomic E-state index is 12.7. The van der Waals surface area contributed by atoms with Crippen molar-refractivity contribution >= 4 is 17.7 Å². The lowest BCUT2D eigenvalue weighted by molar-refractivity contribution is 0.0787. The first-order chi connectivity index (χ1) is 13.8. The fourth-order valence-corrected chi connectivity index (χ4v) is 3.99. The Labute approximate surface area is 168 Å². The molecule has 4 rings (SSSR count). The summed E-state index contributed by atoms with van der Waals surface area (Å²) in [6.45, 7) is 0.812. The van der Waals surface area contributed by atoms with E-state index in [9.17, 15) is 4.79 Å². The summed E-state index contributed by atoms with van der Waals surface area (Å²) in [4.78, 5) is 13.7. The normalized spacial score (nSPS) is 15.1. The number of hydrogen-bond acceptors (Lipinski definition) is 4. The van der Waals surface area contributed by atoms with Gasteiger partial charge in [0.2, 0.25) is 0 Å². The second-order valence-electron chi connectivity index (χ2n) is 6.48. The first-order valence-corrected chi connectivity index (χ1v) is 10.2. The lowest BCUT2D eigenvalue weighted by atomic mass is 10.2. The highest BCUT2D eigenvalue weighted by Crippen LogP contribution is 2.31. The number of thioether (sulfide) groups is 1. The molecular weight excluding hydrogens is 370 g/mol. The smallest absolute Gasteiger partial charge is 0.252 e. The molecule has 28 heavy (non-hydrogen) atoms. The number of benzene rings is 3. The van der Waals surface area contributed by atoms with Gasteiger partial charge < -0.3 is 14.8 Å². The molecule has 0 spiro atoms. The van der Waals surface area contributed by atoms with Crippen LogP contribution in [0.15, 0.2) is 83.8 Å². The van der Waals surface area contributed by atoms with E-state index in [0.29, 0.717) is 24.5 Å². The van der Waals surface area contributed by atoms with E-state index in [0.717, 1.165) is 16.4 Å². The summed E-state index contributed by atoms with van der Waals surface area (Å²) in [5.41, 5.74) is 1.91. The minimum atomic E-state index is -0.206. The predicted octanol–water partition coefficient (Wildman–Crippen LogP) is 4.55. The van der Waals surface area contributed by atoms with Crippen LogP contribution in [0.3, 0.4) is 0 Å². The molecule has 0 fully saturated rings. The van der Waals surface area contributed by atoms with Gasteiger partial charge in [-0.15, -0.1) is 11.8 Å². The van der Waals surface area contributed by atoms with Gasteiger partial charge in [0.25, 0.3) is 5.91 Å². The molecule has 1 aliphatic rings. The second-order valence-corrected chi connectivity index (χ2v) is 7.50. The quantitative estimate of drug-likeness (QED) is 0.627. The Morgan fingerprint density at radius 2 is 1.64 bits per heavy atom. The van der Waals surface area contributed by atoms with Crippen LogP contribution < -0.4 is 14.8 Å². The highest BCUT2D eigenvalue weighted by Gasteiger charge is 2.21. The molecule has 0 saturated carbocycles. The molecule has 1 amide bonds. The highest BCUT2D eigenvalue weighted by atomic mass is 32.2. The van der Waals surface area contributed by atoms with E-state index in [1.165, 1.54) is 5.56 Å². The van der Waals surface area contributed by atoms with E-state index < -0.39 is 0 Å². The van der Waals surface area contributed by atoms with Crippen molar-refractivity contribution in [2.45, 2.75) is 16.8 Å². The molecule has 1 atom stereocenters. The number of ether oxygens (including phenoxy) is 2. The highest BCUT2D eigenvalue weighted by molar-refractivity contribution is 7.98. The lowest BCUT2D eigenvalue weighted by Gasteiger charge is -2.26. The van der Waals surface area contributed by atoms with Crippen molar-refractivity contribution in [2.75, 3.05) is 13.2 Å². The van der Waals surface area contributed by atoms with Gasteiger partial charge in [0, 0.05) is 10.6 Å². The monoisotopic (exact) mass is 391 g/mol. The van der Waals surface area contributed by atoms with Crippen molar-refractivity contribution in [1.29, 1.82) is 0 Å². The average Bonchev–Trinajstić information content (AvgIpc) is 2.77. The van der Waals surface area contributed by atoms with Crippen molar-refractivity contribution in [3.63, 3.8) is 0 Å². The van der Waals surface area contributed by atoms with Crippen LogP contribution in [0.4, 0.5) is 0 Å². The third kappa shape index (κ3) is 4.49. The van der Waals surface area contributed by atoms with Gasteiger partial charge in [-0.1, -0.05) is 54.6 Å². The van der Waals surface area contributed by atoms with Crippen LogP contribution in [0.2, 0.25) is 0 Å². The Kier molecular flexibility index (Phi) is 5.83. The van der Waals surface area contributed by atoms with Gasteiger partial charge in [-0.2, -0.15) is 0 Å². The van der Waals surface area contributed by atoms with E-state index in [1.807, 2.05) is 66.7 Å². The number of rotatable bonds is 6. The zero-order valence-corrected chi connectivity index (χ0v) is 16.2. The molecule has 0 aromatic heterocycles. The maximum absolute atomic E-state index is 12.7. The summed E-state index contributed by atoms with van der Waals surface area (Å²) in [5.74, 6) is 2.18. The second kappa shape index (κ2) is 8.85. The van der Waals surface area contributed by atoms with Crippen LogP contribution in [-0.2, 0) is 5.75 Å². The third-order valence-corrected chi connectivity index (χ3v) is 5.57. The van der Waals surface area contributed by atoms with Crippen molar-refractivity contribution in [2.24, 2.45) is 0 Å². The Balaban J connectivity index is 1.36. The van der Waals surface area contributed by atoms with Crippen LogP contribution >= 0.6 is 11.8 Å². The van der Waals surface area contributed by atoms with E-state index in [-0.39, 0.29) is 12.0 Å². The first-order valence-electron chi connectivity index (χ1n) is 9.22. The summed E-state index contributed by atoms with van der Waals surface area (Å²) >= 11 is 1.66. The summed E-state index contributed by atoms with van der Waals surface area (Å²) in [7, 11) is 0. The van der Waals surface area contributed by atoms with Gasteiger partial charge in [0.15, 0.2) is 11.5 Å². The van der Waals surface area contributed by atoms with Crippen molar-refractivity contribution in [3.05, 3.63) is 90.0 Å². The predicted molar refractivity (Wildman–Crippen MR) is 111 cm³/mol. The molecule has 142 valence electrons. The number of para-hydroxylation sites is 2. The molecule has 5 heteroatoms. The molecule has 4 nitrogen and oxygen atoms in total. The topological polar surface area (TPSA) is 47.6 Å². The average molecular weight is 391 g/mol. The van der Waals surface area contributed by atoms with Crippen LogP contribution in [-0.4, -0.2) is 25.2 Å². The fraction of sp³-hybridized carbons (Fsp3) is 0.174. The summed E-state index contributed by atoms with van der Waals surface area (Å²) in [5, 5.41) is 2.98. The van der Waals surface area contributed by atoms with Crippen LogP contribution in [0.25, 0.3) is 0 Å². The molecule has 0 saturated heterocycles. The van der Waals surface area contributed by atoms with E-state index in [1.54, 1.807) is 11.8 Å². The van der Waals surface area contributed by atoms with Crippen LogP contribution in [0.1, 0.15) is 15.9 Å².